The molecule has 1 saturated heterocycles. The minimum atomic E-state index is 0.612. The smallest absolute Gasteiger partial charge is 0.0407 e. The Labute approximate surface area is 125 Å². The molecule has 1 aromatic carbocycles. The van der Waals surface area contributed by atoms with Gasteiger partial charge in [-0.25, -0.2) is 0 Å². The molecule has 2 rings (SSSR count). The van der Waals surface area contributed by atoms with Gasteiger partial charge in [0.25, 0.3) is 0 Å². The van der Waals surface area contributed by atoms with Crippen LogP contribution in [0.2, 0.25) is 0 Å². The van der Waals surface area contributed by atoms with Gasteiger partial charge in [-0.05, 0) is 49.9 Å². The van der Waals surface area contributed by atoms with E-state index in [0.717, 1.165) is 25.6 Å². The van der Waals surface area contributed by atoms with E-state index in [2.05, 4.69) is 65.1 Å². The van der Waals surface area contributed by atoms with Crippen LogP contribution < -0.4 is 10.2 Å². The Hall–Kier alpha value is -0.540. The molecule has 19 heavy (non-hydrogen) atoms. The molecule has 0 radical (unpaired) electrons. The number of hydrogen-bond acceptors (Lipinski definition) is 2. The fourth-order valence-electron chi connectivity index (χ4n) is 2.87. The molecule has 1 heterocycles. The van der Waals surface area contributed by atoms with E-state index < -0.39 is 0 Å². The molecule has 1 aromatic rings. The molecule has 0 bridgehead atoms. The van der Waals surface area contributed by atoms with Crippen LogP contribution in [-0.2, 0) is 0 Å². The first-order chi connectivity index (χ1) is 9.06. The molecule has 0 amide bonds. The Morgan fingerprint density at radius 2 is 2.21 bits per heavy atom. The van der Waals surface area contributed by atoms with Gasteiger partial charge in [-0.3, -0.25) is 0 Å². The first-order valence-electron chi connectivity index (χ1n) is 7.30. The molecule has 0 saturated carbocycles. The van der Waals surface area contributed by atoms with Crippen molar-refractivity contribution in [2.75, 3.05) is 24.5 Å². The van der Waals surface area contributed by atoms with Gasteiger partial charge in [0.05, 0.1) is 0 Å². The van der Waals surface area contributed by atoms with E-state index in [1.165, 1.54) is 28.6 Å². The molecule has 2 nitrogen and oxygen atoms in total. The fourth-order valence-corrected chi connectivity index (χ4v) is 3.22. The summed E-state index contributed by atoms with van der Waals surface area (Å²) in [6, 6.07) is 7.20. The van der Waals surface area contributed by atoms with Crippen molar-refractivity contribution in [2.24, 2.45) is 5.92 Å². The van der Waals surface area contributed by atoms with Gasteiger partial charge in [-0.1, -0.05) is 35.8 Å². The van der Waals surface area contributed by atoms with Crippen LogP contribution in [0.3, 0.4) is 0 Å². The number of benzene rings is 1. The summed E-state index contributed by atoms with van der Waals surface area (Å²) in [6.07, 6.45) is 2.48. The van der Waals surface area contributed by atoms with Gasteiger partial charge in [0.2, 0.25) is 0 Å². The number of aryl methyl sites for hydroxylation is 1. The highest BCUT2D eigenvalue weighted by molar-refractivity contribution is 9.10. The van der Waals surface area contributed by atoms with E-state index in [9.17, 15) is 0 Å². The summed E-state index contributed by atoms with van der Waals surface area (Å²) in [5.74, 6) is 0.751. The van der Waals surface area contributed by atoms with Crippen LogP contribution in [0.5, 0.6) is 0 Å². The van der Waals surface area contributed by atoms with Crippen LogP contribution in [0.15, 0.2) is 22.7 Å². The van der Waals surface area contributed by atoms with Gasteiger partial charge < -0.3 is 10.2 Å². The second-order valence-electron chi connectivity index (χ2n) is 6.01. The Balaban J connectivity index is 2.15. The van der Waals surface area contributed by atoms with Crippen molar-refractivity contribution in [3.8, 4) is 0 Å². The third-order valence-electron chi connectivity index (χ3n) is 3.75. The van der Waals surface area contributed by atoms with Crippen molar-refractivity contribution in [1.29, 1.82) is 0 Å². The van der Waals surface area contributed by atoms with Crippen LogP contribution >= 0.6 is 15.9 Å². The summed E-state index contributed by atoms with van der Waals surface area (Å²) in [4.78, 5) is 2.55. The largest absolute Gasteiger partial charge is 0.370 e. The normalized spacial score (nSPS) is 20.7. The van der Waals surface area contributed by atoms with Crippen molar-refractivity contribution in [1.82, 2.24) is 5.32 Å². The number of hydrogen-bond donors (Lipinski definition) is 1. The summed E-state index contributed by atoms with van der Waals surface area (Å²) in [5.41, 5.74) is 2.75. The molecule has 1 atom stereocenters. The van der Waals surface area contributed by atoms with E-state index in [4.69, 9.17) is 0 Å². The zero-order chi connectivity index (χ0) is 13.8. The maximum atomic E-state index is 3.69. The summed E-state index contributed by atoms with van der Waals surface area (Å²) < 4.78 is 1.17. The first-order valence-corrected chi connectivity index (χ1v) is 8.10. The lowest BCUT2D eigenvalue weighted by molar-refractivity contribution is 0.436. The maximum absolute atomic E-state index is 3.69. The Morgan fingerprint density at radius 1 is 1.42 bits per heavy atom. The lowest BCUT2D eigenvalue weighted by Gasteiger charge is -2.28. The lowest BCUT2D eigenvalue weighted by Crippen LogP contribution is -2.38. The van der Waals surface area contributed by atoms with Crippen LogP contribution in [0, 0.1) is 12.8 Å². The third-order valence-corrected chi connectivity index (χ3v) is 4.24. The van der Waals surface area contributed by atoms with E-state index in [1.54, 1.807) is 0 Å². The van der Waals surface area contributed by atoms with E-state index in [-0.39, 0.29) is 0 Å². The number of anilines is 1. The van der Waals surface area contributed by atoms with Crippen molar-refractivity contribution in [3.05, 3.63) is 28.2 Å². The highest BCUT2D eigenvalue weighted by Crippen LogP contribution is 2.26. The molecular formula is C16H25BrN2. The molecule has 1 aliphatic heterocycles. The SMILES string of the molecule is Cc1ccc(Br)cc1N1CCCNC(CC(C)C)C1. The Kier molecular flexibility index (Phi) is 5.28. The standard InChI is InChI=1S/C16H25BrN2/c1-12(2)9-15-11-19(8-4-7-18-15)16-10-14(17)6-5-13(16)3/h5-6,10,12,15,18H,4,7-9,11H2,1-3H3. The van der Waals surface area contributed by atoms with Gasteiger partial charge in [-0.2, -0.15) is 0 Å². The topological polar surface area (TPSA) is 15.3 Å². The number of halogens is 1. The third kappa shape index (κ3) is 4.22. The van der Waals surface area contributed by atoms with Crippen LogP contribution in [0.1, 0.15) is 32.3 Å². The quantitative estimate of drug-likeness (QED) is 0.904. The number of nitrogens with one attached hydrogen (secondary N) is 1. The van der Waals surface area contributed by atoms with Crippen LogP contribution in [0.25, 0.3) is 0 Å². The summed E-state index contributed by atoms with van der Waals surface area (Å²) in [5, 5.41) is 3.69. The molecule has 0 spiro atoms. The van der Waals surface area contributed by atoms with Gasteiger partial charge in [0.1, 0.15) is 0 Å². The van der Waals surface area contributed by atoms with Gasteiger partial charge >= 0.3 is 0 Å². The minimum Gasteiger partial charge on any atom is -0.370 e. The highest BCUT2D eigenvalue weighted by atomic mass is 79.9. The molecule has 3 heteroatoms. The Morgan fingerprint density at radius 3 is 2.95 bits per heavy atom. The lowest BCUT2D eigenvalue weighted by atomic mass is 10.0. The number of nitrogens with zero attached hydrogens (tertiary/aromatic N) is 1. The predicted molar refractivity (Wildman–Crippen MR) is 87.0 cm³/mol. The first kappa shape index (κ1) is 14.9. The second kappa shape index (κ2) is 6.76. The van der Waals surface area contributed by atoms with Gasteiger partial charge in [0.15, 0.2) is 0 Å². The zero-order valence-electron chi connectivity index (χ0n) is 12.2. The minimum absolute atomic E-state index is 0.612. The maximum Gasteiger partial charge on any atom is 0.0407 e. The molecule has 1 aliphatic rings. The van der Waals surface area contributed by atoms with Crippen molar-refractivity contribution >= 4 is 21.6 Å². The van der Waals surface area contributed by atoms with Crippen LogP contribution in [0.4, 0.5) is 5.69 Å². The Bertz CT molecular complexity index is 417. The summed E-state index contributed by atoms with van der Waals surface area (Å²) in [7, 11) is 0. The van der Waals surface area contributed by atoms with Crippen molar-refractivity contribution < 1.29 is 0 Å². The number of rotatable bonds is 3. The van der Waals surface area contributed by atoms with Crippen molar-refractivity contribution in [2.45, 2.75) is 39.7 Å². The van der Waals surface area contributed by atoms with Crippen LogP contribution in [-0.4, -0.2) is 25.7 Å². The second-order valence-corrected chi connectivity index (χ2v) is 6.93. The zero-order valence-corrected chi connectivity index (χ0v) is 13.8. The van der Waals surface area contributed by atoms with Crippen molar-refractivity contribution in [3.63, 3.8) is 0 Å². The molecule has 0 aliphatic carbocycles. The molecule has 1 unspecified atom stereocenters. The van der Waals surface area contributed by atoms with E-state index in [0.29, 0.717) is 6.04 Å². The molecular weight excluding hydrogens is 300 g/mol. The average molecular weight is 325 g/mol. The highest BCUT2D eigenvalue weighted by Gasteiger charge is 2.19. The van der Waals surface area contributed by atoms with E-state index >= 15 is 0 Å². The van der Waals surface area contributed by atoms with Gasteiger partial charge in [0, 0.05) is 29.3 Å². The summed E-state index contributed by atoms with van der Waals surface area (Å²) in [6.45, 7) is 10.2. The predicted octanol–water partition coefficient (Wildman–Crippen LogP) is 3.97. The average Bonchev–Trinajstić information content (AvgIpc) is 2.57. The van der Waals surface area contributed by atoms with E-state index in [1.807, 2.05) is 0 Å². The molecule has 1 fully saturated rings. The summed E-state index contributed by atoms with van der Waals surface area (Å²) >= 11 is 3.60. The molecule has 106 valence electrons. The monoisotopic (exact) mass is 324 g/mol. The molecule has 1 N–H and O–H groups in total. The molecule has 0 aromatic heterocycles. The fraction of sp³-hybridized carbons (Fsp3) is 0.625. The van der Waals surface area contributed by atoms with Gasteiger partial charge in [-0.15, -0.1) is 0 Å².